The van der Waals surface area contributed by atoms with Crippen LogP contribution < -0.4 is 10.6 Å². The number of aromatic nitrogens is 4. The number of halogens is 2. The predicted octanol–water partition coefficient (Wildman–Crippen LogP) is 2.16. The Hall–Kier alpha value is -2.42. The van der Waals surface area contributed by atoms with Crippen molar-refractivity contribution in [2.45, 2.75) is 12.5 Å². The fourth-order valence-electron chi connectivity index (χ4n) is 2.51. The molecule has 0 radical (unpaired) electrons. The van der Waals surface area contributed by atoms with Crippen LogP contribution in [-0.4, -0.2) is 39.4 Å². The zero-order chi connectivity index (χ0) is 18.5. The second kappa shape index (κ2) is 9.50. The molecule has 0 saturated carbocycles. The second-order valence-corrected chi connectivity index (χ2v) is 6.17. The van der Waals surface area contributed by atoms with Gasteiger partial charge in [-0.1, -0.05) is 16.8 Å². The van der Waals surface area contributed by atoms with Crippen LogP contribution in [-0.2, 0) is 18.3 Å². The number of aryl methyl sites for hydroxylation is 1. The van der Waals surface area contributed by atoms with E-state index in [-0.39, 0.29) is 18.3 Å². The van der Waals surface area contributed by atoms with Gasteiger partial charge in [0.2, 0.25) is 17.6 Å². The van der Waals surface area contributed by atoms with E-state index < -0.39 is 6.04 Å². The average molecular weight is 411 g/mol. The van der Waals surface area contributed by atoms with Crippen LogP contribution in [0.3, 0.4) is 0 Å². The smallest absolute Gasteiger partial charge is 0.241 e. The molecule has 2 heterocycles. The van der Waals surface area contributed by atoms with Crippen molar-refractivity contribution >= 4 is 29.9 Å². The summed E-state index contributed by atoms with van der Waals surface area (Å²) in [5, 5.41) is 14.5. The molecule has 1 unspecified atom stereocenters. The van der Waals surface area contributed by atoms with Crippen LogP contribution >= 0.6 is 24.0 Å². The normalized spacial score (nSPS) is 11.7. The Labute approximate surface area is 167 Å². The van der Waals surface area contributed by atoms with E-state index in [9.17, 15) is 4.79 Å². The molecule has 0 fully saturated rings. The van der Waals surface area contributed by atoms with E-state index in [0.717, 1.165) is 11.1 Å². The number of carbonyl (C=O) groups is 1. The number of nitrogens with one attached hydrogen (secondary N) is 2. The summed E-state index contributed by atoms with van der Waals surface area (Å²) in [7, 11) is 3.54. The lowest BCUT2D eigenvalue weighted by Gasteiger charge is -2.13. The number of amides is 1. The predicted molar refractivity (Wildman–Crippen MR) is 104 cm³/mol. The summed E-state index contributed by atoms with van der Waals surface area (Å²) >= 11 is 5.87. The van der Waals surface area contributed by atoms with Gasteiger partial charge in [-0.2, -0.15) is 10.1 Å². The number of rotatable bonds is 7. The number of benzene rings is 1. The molecular formula is C17H20Cl2N6O2. The molecule has 27 heavy (non-hydrogen) atoms. The highest BCUT2D eigenvalue weighted by molar-refractivity contribution is 6.30. The molecule has 3 aromatic rings. The van der Waals surface area contributed by atoms with Crippen LogP contribution in [0.2, 0.25) is 5.02 Å². The van der Waals surface area contributed by atoms with E-state index in [1.807, 2.05) is 19.2 Å². The maximum Gasteiger partial charge on any atom is 0.241 e. The number of carbonyl (C=O) groups excluding carboxylic acids is 1. The van der Waals surface area contributed by atoms with E-state index in [2.05, 4.69) is 25.9 Å². The maximum atomic E-state index is 12.3. The summed E-state index contributed by atoms with van der Waals surface area (Å²) in [6.07, 6.45) is 3.91. The average Bonchev–Trinajstić information content (AvgIpc) is 3.26. The van der Waals surface area contributed by atoms with E-state index in [1.165, 1.54) is 0 Å². The Morgan fingerprint density at radius 3 is 2.70 bits per heavy atom. The van der Waals surface area contributed by atoms with Gasteiger partial charge in [0.05, 0.1) is 6.20 Å². The Kier molecular flexibility index (Phi) is 7.35. The summed E-state index contributed by atoms with van der Waals surface area (Å²) in [6, 6.07) is 6.72. The Bertz CT molecular complexity index is 878. The van der Waals surface area contributed by atoms with Gasteiger partial charge in [-0.15, -0.1) is 12.4 Å². The van der Waals surface area contributed by atoms with Crippen molar-refractivity contribution in [3.05, 3.63) is 53.1 Å². The summed E-state index contributed by atoms with van der Waals surface area (Å²) in [5.41, 5.74) is 1.62. The first kappa shape index (κ1) is 20.9. The third-order valence-corrected chi connectivity index (χ3v) is 4.07. The molecule has 2 N–H and O–H groups in total. The van der Waals surface area contributed by atoms with Gasteiger partial charge in [-0.25, -0.2) is 0 Å². The van der Waals surface area contributed by atoms with E-state index in [4.69, 9.17) is 16.1 Å². The van der Waals surface area contributed by atoms with Crippen LogP contribution in [0.25, 0.3) is 11.4 Å². The molecule has 0 aliphatic rings. The highest BCUT2D eigenvalue weighted by Gasteiger charge is 2.20. The van der Waals surface area contributed by atoms with Crippen molar-refractivity contribution in [1.29, 1.82) is 0 Å². The molecule has 8 nitrogen and oxygen atoms in total. The maximum absolute atomic E-state index is 12.3. The molecule has 0 aliphatic heterocycles. The quantitative estimate of drug-likeness (QED) is 0.619. The molecule has 3 rings (SSSR count). The minimum atomic E-state index is -0.462. The summed E-state index contributed by atoms with van der Waals surface area (Å²) in [6.45, 7) is 0.388. The molecule has 0 bridgehead atoms. The lowest BCUT2D eigenvalue weighted by Crippen LogP contribution is -2.36. The summed E-state index contributed by atoms with van der Waals surface area (Å²) < 4.78 is 6.89. The van der Waals surface area contributed by atoms with Crippen LogP contribution in [0, 0.1) is 0 Å². The van der Waals surface area contributed by atoms with Crippen molar-refractivity contribution in [1.82, 2.24) is 30.6 Å². The molecule has 1 atom stereocenters. The lowest BCUT2D eigenvalue weighted by atomic mass is 10.1. The minimum Gasteiger partial charge on any atom is -0.354 e. The van der Waals surface area contributed by atoms with Gasteiger partial charge in [0.15, 0.2) is 0 Å². The fraction of sp³-hybridized carbons (Fsp3) is 0.294. The van der Waals surface area contributed by atoms with Gasteiger partial charge in [0.1, 0.15) is 6.04 Å². The molecule has 10 heteroatoms. The molecule has 1 aromatic carbocycles. The fourth-order valence-corrected chi connectivity index (χ4v) is 2.63. The summed E-state index contributed by atoms with van der Waals surface area (Å²) in [5.74, 6) is 0.807. The lowest BCUT2D eigenvalue weighted by molar-refractivity contribution is -0.123. The van der Waals surface area contributed by atoms with Gasteiger partial charge < -0.3 is 15.2 Å². The minimum absolute atomic E-state index is 0. The van der Waals surface area contributed by atoms with Crippen LogP contribution in [0.5, 0.6) is 0 Å². The number of hydrogen-bond donors (Lipinski definition) is 2. The molecule has 0 spiro atoms. The highest BCUT2D eigenvalue weighted by atomic mass is 35.5. The standard InChI is InChI=1S/C17H19ClN6O2.ClH/c1-19-15(12-9-21-24(2)10-12)17(25)20-8-7-14-22-16(23-26-14)11-3-5-13(18)6-4-11;/h3-6,9-10,15,19H,7-8H2,1-2H3,(H,20,25);1H. The Balaban J connectivity index is 0.00000261. The van der Waals surface area contributed by atoms with Crippen molar-refractivity contribution < 1.29 is 9.32 Å². The van der Waals surface area contributed by atoms with E-state index in [0.29, 0.717) is 29.7 Å². The third kappa shape index (κ3) is 5.29. The monoisotopic (exact) mass is 410 g/mol. The zero-order valence-electron chi connectivity index (χ0n) is 14.8. The van der Waals surface area contributed by atoms with Gasteiger partial charge in [-0.3, -0.25) is 9.48 Å². The summed E-state index contributed by atoms with van der Waals surface area (Å²) in [4.78, 5) is 16.7. The van der Waals surface area contributed by atoms with Crippen LogP contribution in [0.1, 0.15) is 17.5 Å². The van der Waals surface area contributed by atoms with Crippen molar-refractivity contribution in [2.24, 2.45) is 7.05 Å². The van der Waals surface area contributed by atoms with Gasteiger partial charge in [-0.05, 0) is 31.3 Å². The molecule has 2 aromatic heterocycles. The highest BCUT2D eigenvalue weighted by Crippen LogP contribution is 2.18. The van der Waals surface area contributed by atoms with Gasteiger partial charge in [0, 0.05) is 42.4 Å². The first-order chi connectivity index (χ1) is 12.6. The zero-order valence-corrected chi connectivity index (χ0v) is 16.4. The van der Waals surface area contributed by atoms with Gasteiger partial charge in [0.25, 0.3) is 0 Å². The molecule has 0 aliphatic carbocycles. The topological polar surface area (TPSA) is 97.9 Å². The molecule has 144 valence electrons. The molecule has 0 saturated heterocycles. The third-order valence-electron chi connectivity index (χ3n) is 3.82. The van der Waals surface area contributed by atoms with Crippen molar-refractivity contribution in [3.63, 3.8) is 0 Å². The first-order valence-electron chi connectivity index (χ1n) is 8.09. The van der Waals surface area contributed by atoms with Gasteiger partial charge >= 0.3 is 0 Å². The number of likely N-dealkylation sites (N-methyl/N-ethyl adjacent to an activating group) is 1. The van der Waals surface area contributed by atoms with E-state index >= 15 is 0 Å². The Morgan fingerprint density at radius 2 is 2.07 bits per heavy atom. The number of hydrogen-bond acceptors (Lipinski definition) is 6. The Morgan fingerprint density at radius 1 is 1.33 bits per heavy atom. The van der Waals surface area contributed by atoms with E-state index in [1.54, 1.807) is 36.3 Å². The van der Waals surface area contributed by atoms with Crippen LogP contribution in [0.15, 0.2) is 41.2 Å². The SMILES string of the molecule is CNC(C(=O)NCCc1nc(-c2ccc(Cl)cc2)no1)c1cnn(C)c1.Cl. The molecular weight excluding hydrogens is 391 g/mol. The van der Waals surface area contributed by atoms with Crippen molar-refractivity contribution in [2.75, 3.05) is 13.6 Å². The molecule has 1 amide bonds. The second-order valence-electron chi connectivity index (χ2n) is 5.73. The van der Waals surface area contributed by atoms with Crippen LogP contribution in [0.4, 0.5) is 0 Å². The van der Waals surface area contributed by atoms with Crippen molar-refractivity contribution in [3.8, 4) is 11.4 Å². The first-order valence-corrected chi connectivity index (χ1v) is 8.46. The largest absolute Gasteiger partial charge is 0.354 e. The number of nitrogens with zero attached hydrogens (tertiary/aromatic N) is 4.